The molecule has 1 saturated carbocycles. The number of nitro groups is 1. The van der Waals surface area contributed by atoms with Crippen LogP contribution in [0.1, 0.15) is 28.8 Å². The third kappa shape index (κ3) is 4.49. The normalized spacial score (nSPS) is 13.6. The zero-order valence-corrected chi connectivity index (χ0v) is 15.9. The van der Waals surface area contributed by atoms with Gasteiger partial charge in [0.05, 0.1) is 21.9 Å². The van der Waals surface area contributed by atoms with E-state index < -0.39 is 22.6 Å². The predicted molar refractivity (Wildman–Crippen MR) is 106 cm³/mol. The largest absolute Gasteiger partial charge is 0.416 e. The van der Waals surface area contributed by atoms with Crippen LogP contribution in [-0.4, -0.2) is 26.7 Å². The molecule has 0 spiro atoms. The van der Waals surface area contributed by atoms with Gasteiger partial charge in [-0.3, -0.25) is 14.9 Å². The van der Waals surface area contributed by atoms with Gasteiger partial charge in [0.2, 0.25) is 0 Å². The number of anilines is 2. The maximum atomic E-state index is 13.2. The molecule has 1 aliphatic carbocycles. The van der Waals surface area contributed by atoms with Gasteiger partial charge in [0, 0.05) is 30.1 Å². The van der Waals surface area contributed by atoms with Crippen molar-refractivity contribution >= 4 is 23.0 Å². The lowest BCUT2D eigenvalue weighted by Crippen LogP contribution is -2.16. The number of hydrogen-bond donors (Lipinski definition) is 2. The maximum absolute atomic E-state index is 13.2. The first-order chi connectivity index (χ1) is 14.7. The van der Waals surface area contributed by atoms with Crippen LogP contribution >= 0.6 is 0 Å². The van der Waals surface area contributed by atoms with Crippen LogP contribution < -0.4 is 10.6 Å². The molecule has 2 aromatic carbocycles. The van der Waals surface area contributed by atoms with Gasteiger partial charge in [-0.2, -0.15) is 18.3 Å². The Balaban J connectivity index is 1.67. The number of carbonyl (C=O) groups excluding carboxylic acids is 1. The minimum absolute atomic E-state index is 0.0585. The number of carbonyl (C=O) groups is 1. The first kappa shape index (κ1) is 20.4. The van der Waals surface area contributed by atoms with Gasteiger partial charge < -0.3 is 10.6 Å². The number of halogens is 3. The van der Waals surface area contributed by atoms with Crippen molar-refractivity contribution in [2.75, 3.05) is 10.6 Å². The minimum Gasteiger partial charge on any atom is -0.377 e. The van der Waals surface area contributed by atoms with Crippen LogP contribution in [0.25, 0.3) is 5.69 Å². The molecule has 2 N–H and O–H groups in total. The Labute approximate surface area is 173 Å². The zero-order chi connectivity index (χ0) is 22.2. The van der Waals surface area contributed by atoms with Gasteiger partial charge in [0.25, 0.3) is 11.6 Å². The molecule has 31 heavy (non-hydrogen) atoms. The lowest BCUT2D eigenvalue weighted by molar-refractivity contribution is -0.384. The molecular weight excluding hydrogens is 415 g/mol. The highest BCUT2D eigenvalue weighted by Crippen LogP contribution is 2.34. The van der Waals surface area contributed by atoms with E-state index in [1.165, 1.54) is 35.3 Å². The number of nitrogens with zero attached hydrogens (tertiary/aromatic N) is 3. The van der Waals surface area contributed by atoms with Gasteiger partial charge in [0.15, 0.2) is 0 Å². The van der Waals surface area contributed by atoms with Gasteiger partial charge in [0.1, 0.15) is 5.69 Å². The number of alkyl halides is 3. The maximum Gasteiger partial charge on any atom is 0.416 e. The molecule has 0 bridgehead atoms. The second-order valence-electron chi connectivity index (χ2n) is 7.04. The molecule has 1 aliphatic rings. The Hall–Kier alpha value is -3.89. The van der Waals surface area contributed by atoms with Gasteiger partial charge in [-0.05, 0) is 49.2 Å². The van der Waals surface area contributed by atoms with Crippen molar-refractivity contribution in [1.82, 2.24) is 9.78 Å². The number of benzene rings is 2. The van der Waals surface area contributed by atoms with Crippen LogP contribution in [0.3, 0.4) is 0 Å². The Morgan fingerprint density at radius 1 is 1.16 bits per heavy atom. The highest BCUT2D eigenvalue weighted by molar-refractivity contribution is 6.06. The minimum atomic E-state index is -4.61. The van der Waals surface area contributed by atoms with Gasteiger partial charge >= 0.3 is 6.18 Å². The van der Waals surface area contributed by atoms with Gasteiger partial charge in [-0.25, -0.2) is 4.68 Å². The summed E-state index contributed by atoms with van der Waals surface area (Å²) in [6, 6.07) is 8.53. The molecule has 0 aliphatic heterocycles. The molecule has 0 unspecified atom stereocenters. The summed E-state index contributed by atoms with van der Waals surface area (Å²) in [6.45, 7) is 0. The van der Waals surface area contributed by atoms with Crippen molar-refractivity contribution in [1.29, 1.82) is 0 Å². The fraction of sp³-hybridized carbons (Fsp3) is 0.200. The Morgan fingerprint density at radius 2 is 1.94 bits per heavy atom. The fourth-order valence-corrected chi connectivity index (χ4v) is 3.01. The van der Waals surface area contributed by atoms with E-state index in [4.69, 9.17) is 0 Å². The molecule has 160 valence electrons. The quantitative estimate of drug-likeness (QED) is 0.438. The second kappa shape index (κ2) is 7.74. The molecule has 3 aromatic rings. The van der Waals surface area contributed by atoms with Crippen LogP contribution in [0.5, 0.6) is 0 Å². The monoisotopic (exact) mass is 431 g/mol. The number of hydrogen-bond acceptors (Lipinski definition) is 5. The van der Waals surface area contributed by atoms with Crippen molar-refractivity contribution in [3.05, 3.63) is 76.1 Å². The van der Waals surface area contributed by atoms with E-state index in [1.807, 2.05) is 0 Å². The molecule has 1 heterocycles. The van der Waals surface area contributed by atoms with Crippen LogP contribution in [0.4, 0.5) is 30.2 Å². The Morgan fingerprint density at radius 3 is 2.55 bits per heavy atom. The number of aromatic nitrogens is 2. The molecule has 0 saturated heterocycles. The Kier molecular flexibility index (Phi) is 5.09. The summed E-state index contributed by atoms with van der Waals surface area (Å²) in [4.78, 5) is 23.6. The lowest BCUT2D eigenvalue weighted by atomic mass is 10.1. The van der Waals surface area contributed by atoms with E-state index in [0.717, 1.165) is 31.0 Å². The van der Waals surface area contributed by atoms with Crippen molar-refractivity contribution in [3.63, 3.8) is 0 Å². The summed E-state index contributed by atoms with van der Waals surface area (Å²) in [6.07, 6.45) is 0.160. The van der Waals surface area contributed by atoms with Crippen LogP contribution in [-0.2, 0) is 6.18 Å². The summed E-state index contributed by atoms with van der Waals surface area (Å²) in [5, 5.41) is 20.9. The Bertz CT molecular complexity index is 1140. The van der Waals surface area contributed by atoms with E-state index >= 15 is 0 Å². The zero-order valence-electron chi connectivity index (χ0n) is 15.9. The summed E-state index contributed by atoms with van der Waals surface area (Å²) >= 11 is 0. The van der Waals surface area contributed by atoms with E-state index in [-0.39, 0.29) is 28.7 Å². The number of amides is 1. The molecule has 1 fully saturated rings. The fourth-order valence-electron chi connectivity index (χ4n) is 3.01. The molecule has 1 amide bonds. The highest BCUT2D eigenvalue weighted by Gasteiger charge is 2.32. The molecule has 0 atom stereocenters. The number of nitro benzene ring substituents is 1. The van der Waals surface area contributed by atoms with Gasteiger partial charge in [-0.15, -0.1) is 0 Å². The van der Waals surface area contributed by atoms with Gasteiger partial charge in [-0.1, -0.05) is 0 Å². The van der Waals surface area contributed by atoms with E-state index in [0.29, 0.717) is 5.69 Å². The van der Waals surface area contributed by atoms with E-state index in [1.54, 1.807) is 6.07 Å². The lowest BCUT2D eigenvalue weighted by Gasteiger charge is -2.15. The van der Waals surface area contributed by atoms with Crippen molar-refractivity contribution < 1.29 is 22.9 Å². The van der Waals surface area contributed by atoms with Crippen molar-refractivity contribution in [2.24, 2.45) is 0 Å². The van der Waals surface area contributed by atoms with E-state index in [2.05, 4.69) is 15.7 Å². The predicted octanol–water partition coefficient (Wildman–Crippen LogP) is 4.63. The summed E-state index contributed by atoms with van der Waals surface area (Å²) in [7, 11) is 0. The first-order valence-corrected chi connectivity index (χ1v) is 9.30. The van der Waals surface area contributed by atoms with E-state index in [9.17, 15) is 28.1 Å². The molecular formula is C20H16F3N5O3. The molecule has 0 radical (unpaired) electrons. The van der Waals surface area contributed by atoms with Crippen LogP contribution in [0, 0.1) is 10.1 Å². The molecule has 1 aromatic heterocycles. The first-order valence-electron chi connectivity index (χ1n) is 9.30. The van der Waals surface area contributed by atoms with Crippen LogP contribution in [0.2, 0.25) is 0 Å². The number of rotatable bonds is 6. The topological polar surface area (TPSA) is 102 Å². The van der Waals surface area contributed by atoms with Crippen molar-refractivity contribution in [3.8, 4) is 5.69 Å². The summed E-state index contributed by atoms with van der Waals surface area (Å²) < 4.78 is 40.8. The molecule has 4 rings (SSSR count). The summed E-state index contributed by atoms with van der Waals surface area (Å²) in [5.41, 5.74) is -0.916. The third-order valence-electron chi connectivity index (χ3n) is 4.72. The number of nitrogens with one attached hydrogen (secondary N) is 2. The second-order valence-corrected chi connectivity index (χ2v) is 7.04. The SMILES string of the molecule is O=C(Nc1cc(C(F)(F)F)ccc1-n1cccn1)c1ccc(NC2CC2)c([N+](=O)[O-])c1. The standard InChI is InChI=1S/C20H16F3N5O3/c21-20(22,23)13-3-7-17(27-9-1-8-24-27)16(11-13)26-19(29)12-2-6-15(25-14-4-5-14)18(10-12)28(30)31/h1-3,6-11,14,25H,4-5H2,(H,26,29). The van der Waals surface area contributed by atoms with Crippen molar-refractivity contribution in [2.45, 2.75) is 25.1 Å². The molecule has 11 heteroatoms. The third-order valence-corrected chi connectivity index (χ3v) is 4.72. The summed E-state index contributed by atoms with van der Waals surface area (Å²) in [5.74, 6) is -0.784. The highest BCUT2D eigenvalue weighted by atomic mass is 19.4. The average Bonchev–Trinajstić information content (AvgIpc) is 3.36. The smallest absolute Gasteiger partial charge is 0.377 e. The van der Waals surface area contributed by atoms with Crippen LogP contribution in [0.15, 0.2) is 54.9 Å². The molecule has 8 nitrogen and oxygen atoms in total. The average molecular weight is 431 g/mol.